The molecule has 2 aromatic heterocycles. The number of aromatic nitrogens is 3. The van der Waals surface area contributed by atoms with Gasteiger partial charge in [0.05, 0.1) is 6.20 Å². The summed E-state index contributed by atoms with van der Waals surface area (Å²) >= 11 is 7.11. The SMILES string of the molecule is Cn1cc(C2CN(C(=O)c3nc(Cl)cs3)CC2(C)C)cn1. The molecule has 0 bridgehead atoms. The Bertz CT molecular complexity index is 678. The van der Waals surface area contributed by atoms with Gasteiger partial charge in [-0.25, -0.2) is 4.98 Å². The largest absolute Gasteiger partial charge is 0.335 e. The molecule has 3 heterocycles. The number of amides is 1. The molecule has 0 aliphatic carbocycles. The number of halogens is 1. The molecule has 0 N–H and O–H groups in total. The fourth-order valence-electron chi connectivity index (χ4n) is 2.95. The number of hydrogen-bond donors (Lipinski definition) is 0. The highest BCUT2D eigenvalue weighted by atomic mass is 35.5. The minimum Gasteiger partial charge on any atom is -0.335 e. The van der Waals surface area contributed by atoms with Crippen LogP contribution in [0.5, 0.6) is 0 Å². The maximum absolute atomic E-state index is 12.5. The van der Waals surface area contributed by atoms with Crippen molar-refractivity contribution in [3.8, 4) is 0 Å². The molecule has 21 heavy (non-hydrogen) atoms. The predicted molar refractivity (Wildman–Crippen MR) is 82.8 cm³/mol. The molecule has 1 aliphatic rings. The molecular formula is C14H17ClN4OS. The number of rotatable bonds is 2. The van der Waals surface area contributed by atoms with Crippen molar-refractivity contribution in [1.29, 1.82) is 0 Å². The number of hydrogen-bond acceptors (Lipinski definition) is 4. The summed E-state index contributed by atoms with van der Waals surface area (Å²) in [6.07, 6.45) is 3.92. The van der Waals surface area contributed by atoms with E-state index in [9.17, 15) is 4.79 Å². The lowest BCUT2D eigenvalue weighted by atomic mass is 9.79. The highest BCUT2D eigenvalue weighted by Crippen LogP contribution is 2.42. The molecule has 7 heteroatoms. The maximum Gasteiger partial charge on any atom is 0.282 e. The van der Waals surface area contributed by atoms with Crippen LogP contribution >= 0.6 is 22.9 Å². The molecule has 0 aromatic carbocycles. The molecule has 3 rings (SSSR count). The average Bonchev–Trinajstić information content (AvgIpc) is 3.08. The van der Waals surface area contributed by atoms with E-state index in [0.717, 1.165) is 0 Å². The zero-order valence-corrected chi connectivity index (χ0v) is 13.8. The normalized spacial score (nSPS) is 21.0. The number of carbonyl (C=O) groups is 1. The van der Waals surface area contributed by atoms with Gasteiger partial charge in [0.25, 0.3) is 5.91 Å². The average molecular weight is 325 g/mol. The third-order valence-corrected chi connectivity index (χ3v) is 5.17. The molecule has 1 amide bonds. The van der Waals surface area contributed by atoms with Crippen LogP contribution in [0.4, 0.5) is 0 Å². The molecule has 5 nitrogen and oxygen atoms in total. The smallest absolute Gasteiger partial charge is 0.282 e. The lowest BCUT2D eigenvalue weighted by Gasteiger charge is -2.24. The lowest BCUT2D eigenvalue weighted by Crippen LogP contribution is -2.30. The zero-order valence-electron chi connectivity index (χ0n) is 12.2. The van der Waals surface area contributed by atoms with Gasteiger partial charge in [-0.15, -0.1) is 11.3 Å². The molecule has 0 radical (unpaired) electrons. The standard InChI is InChI=1S/C14H17ClN4OS/c1-14(2)8-19(13(20)12-17-11(15)7-21-12)6-10(14)9-4-16-18(3)5-9/h4-5,7,10H,6,8H2,1-3H3. The first-order valence-corrected chi connectivity index (χ1v) is 8.01. The van der Waals surface area contributed by atoms with Gasteiger partial charge in [-0.1, -0.05) is 25.4 Å². The zero-order chi connectivity index (χ0) is 15.2. The maximum atomic E-state index is 12.5. The van der Waals surface area contributed by atoms with Gasteiger partial charge in [-0.05, 0) is 11.0 Å². The summed E-state index contributed by atoms with van der Waals surface area (Å²) in [5, 5.41) is 6.77. The first-order chi connectivity index (χ1) is 9.87. The van der Waals surface area contributed by atoms with Gasteiger partial charge >= 0.3 is 0 Å². The fourth-order valence-corrected chi connectivity index (χ4v) is 3.86. The van der Waals surface area contributed by atoms with Crippen LogP contribution in [0.3, 0.4) is 0 Å². The monoisotopic (exact) mass is 324 g/mol. The number of nitrogens with zero attached hydrogens (tertiary/aromatic N) is 4. The Balaban J connectivity index is 1.83. The molecule has 112 valence electrons. The van der Waals surface area contributed by atoms with E-state index >= 15 is 0 Å². The van der Waals surface area contributed by atoms with Crippen molar-refractivity contribution < 1.29 is 4.79 Å². The van der Waals surface area contributed by atoms with Crippen LogP contribution in [0, 0.1) is 5.41 Å². The predicted octanol–water partition coefficient (Wildman–Crippen LogP) is 2.80. The van der Waals surface area contributed by atoms with E-state index < -0.39 is 0 Å². The summed E-state index contributed by atoms with van der Waals surface area (Å²) in [5.41, 5.74) is 1.19. The van der Waals surface area contributed by atoms with Gasteiger partial charge in [0.2, 0.25) is 0 Å². The van der Waals surface area contributed by atoms with E-state index in [4.69, 9.17) is 11.6 Å². The number of thiazole rings is 1. The molecule has 1 atom stereocenters. The number of likely N-dealkylation sites (tertiary alicyclic amines) is 1. The van der Waals surface area contributed by atoms with E-state index in [1.807, 2.05) is 24.3 Å². The van der Waals surface area contributed by atoms with Crippen LogP contribution in [0.15, 0.2) is 17.8 Å². The molecular weight excluding hydrogens is 308 g/mol. The van der Waals surface area contributed by atoms with Gasteiger partial charge in [-0.3, -0.25) is 9.48 Å². The summed E-state index contributed by atoms with van der Waals surface area (Å²) in [6.45, 7) is 5.77. The lowest BCUT2D eigenvalue weighted by molar-refractivity contribution is 0.0777. The fraction of sp³-hybridized carbons (Fsp3) is 0.500. The third kappa shape index (κ3) is 2.70. The van der Waals surface area contributed by atoms with Crippen molar-refractivity contribution in [2.75, 3.05) is 13.1 Å². The summed E-state index contributed by atoms with van der Waals surface area (Å²) in [5.74, 6) is 0.247. The number of aryl methyl sites for hydroxylation is 1. The van der Waals surface area contributed by atoms with Crippen molar-refractivity contribution in [3.05, 3.63) is 33.5 Å². The number of carbonyl (C=O) groups excluding carboxylic acids is 1. The van der Waals surface area contributed by atoms with E-state index in [2.05, 4.69) is 23.9 Å². The van der Waals surface area contributed by atoms with E-state index in [1.54, 1.807) is 10.1 Å². The van der Waals surface area contributed by atoms with Gasteiger partial charge in [0.15, 0.2) is 5.01 Å². The summed E-state index contributed by atoms with van der Waals surface area (Å²) < 4.78 is 1.80. The van der Waals surface area contributed by atoms with Gasteiger partial charge < -0.3 is 4.90 Å². The Morgan fingerprint density at radius 1 is 1.52 bits per heavy atom. The van der Waals surface area contributed by atoms with Crippen LogP contribution in [0.1, 0.15) is 35.1 Å². The first kappa shape index (κ1) is 14.5. The summed E-state index contributed by atoms with van der Waals surface area (Å²) in [6, 6.07) is 0. The van der Waals surface area contributed by atoms with Crippen molar-refractivity contribution in [2.24, 2.45) is 12.5 Å². The molecule has 1 saturated heterocycles. The minimum atomic E-state index is -0.0358. The van der Waals surface area contributed by atoms with Crippen LogP contribution in [-0.4, -0.2) is 38.7 Å². The molecule has 1 unspecified atom stereocenters. The highest BCUT2D eigenvalue weighted by Gasteiger charge is 2.43. The Kier molecular flexibility index (Phi) is 3.53. The molecule has 2 aromatic rings. The van der Waals surface area contributed by atoms with E-state index in [1.165, 1.54) is 16.9 Å². The first-order valence-electron chi connectivity index (χ1n) is 6.75. The van der Waals surface area contributed by atoms with Gasteiger partial charge in [-0.2, -0.15) is 5.10 Å². The second-order valence-electron chi connectivity index (χ2n) is 6.15. The van der Waals surface area contributed by atoms with Crippen molar-refractivity contribution >= 4 is 28.8 Å². The topological polar surface area (TPSA) is 51.0 Å². The third-order valence-electron chi connectivity index (χ3n) is 4.02. The Labute approximate surface area is 132 Å². The van der Waals surface area contributed by atoms with Crippen molar-refractivity contribution in [3.63, 3.8) is 0 Å². The Hall–Kier alpha value is -1.40. The Morgan fingerprint density at radius 2 is 2.29 bits per heavy atom. The van der Waals surface area contributed by atoms with Gasteiger partial charge in [0.1, 0.15) is 5.15 Å². The summed E-state index contributed by atoms with van der Waals surface area (Å²) in [7, 11) is 1.91. The molecule has 0 spiro atoms. The summed E-state index contributed by atoms with van der Waals surface area (Å²) in [4.78, 5) is 18.5. The minimum absolute atomic E-state index is 0.0136. The molecule has 0 saturated carbocycles. The van der Waals surface area contributed by atoms with Gasteiger partial charge in [0, 0.05) is 37.6 Å². The molecule has 1 fully saturated rings. The molecule has 1 aliphatic heterocycles. The van der Waals surface area contributed by atoms with Crippen molar-refractivity contribution in [2.45, 2.75) is 19.8 Å². The van der Waals surface area contributed by atoms with E-state index in [0.29, 0.717) is 23.3 Å². The van der Waals surface area contributed by atoms with E-state index in [-0.39, 0.29) is 17.2 Å². The van der Waals surface area contributed by atoms with Crippen LogP contribution in [0.2, 0.25) is 5.15 Å². The van der Waals surface area contributed by atoms with Crippen LogP contribution in [0.25, 0.3) is 0 Å². The highest BCUT2D eigenvalue weighted by molar-refractivity contribution is 7.12. The van der Waals surface area contributed by atoms with Crippen LogP contribution in [-0.2, 0) is 7.05 Å². The van der Waals surface area contributed by atoms with Crippen molar-refractivity contribution in [1.82, 2.24) is 19.7 Å². The Morgan fingerprint density at radius 3 is 2.86 bits per heavy atom. The quantitative estimate of drug-likeness (QED) is 0.853. The van der Waals surface area contributed by atoms with Crippen LogP contribution < -0.4 is 0 Å². The second-order valence-corrected chi connectivity index (χ2v) is 7.39. The second kappa shape index (κ2) is 5.10.